The number of piperazine rings is 1. The predicted octanol–water partition coefficient (Wildman–Crippen LogP) is 3.00. The van der Waals surface area contributed by atoms with Crippen LogP contribution in [0.2, 0.25) is 0 Å². The van der Waals surface area contributed by atoms with Gasteiger partial charge in [-0.2, -0.15) is 0 Å². The summed E-state index contributed by atoms with van der Waals surface area (Å²) in [6, 6.07) is 4.66. The Hall–Kier alpha value is -2.15. The van der Waals surface area contributed by atoms with E-state index in [1.807, 2.05) is 35.8 Å². The molecule has 4 rings (SSSR count). The summed E-state index contributed by atoms with van der Waals surface area (Å²) in [5.74, 6) is 0.351. The summed E-state index contributed by atoms with van der Waals surface area (Å²) >= 11 is 0. The number of urea groups is 1. The molecule has 0 atom stereocenters. The molecule has 1 aromatic rings. The van der Waals surface area contributed by atoms with E-state index >= 15 is 0 Å². The van der Waals surface area contributed by atoms with Gasteiger partial charge in [0, 0.05) is 63.5 Å². The molecule has 1 N–H and O–H groups in total. The van der Waals surface area contributed by atoms with E-state index < -0.39 is 0 Å². The average Bonchev–Trinajstić information content (AvgIpc) is 3.34. The fraction of sp³-hybridized carbons (Fsp3) is 0.708. The molecule has 0 aromatic carbocycles. The zero-order valence-corrected chi connectivity index (χ0v) is 19.1. The van der Waals surface area contributed by atoms with Crippen molar-refractivity contribution in [2.45, 2.75) is 64.3 Å². The fourth-order valence-electron chi connectivity index (χ4n) is 5.42. The number of aromatic nitrogens is 1. The van der Waals surface area contributed by atoms with Crippen molar-refractivity contribution in [2.75, 3.05) is 45.8 Å². The van der Waals surface area contributed by atoms with Crippen LogP contribution in [0.3, 0.4) is 0 Å². The van der Waals surface area contributed by atoms with Crippen LogP contribution in [0.1, 0.15) is 73.1 Å². The minimum atomic E-state index is 0.00887. The maximum atomic E-state index is 13.5. The number of piperidine rings is 1. The molecule has 2 aliphatic heterocycles. The number of nitrogens with zero attached hydrogens (tertiary/aromatic N) is 4. The first-order valence-electron chi connectivity index (χ1n) is 12.1. The Morgan fingerprint density at radius 1 is 0.968 bits per heavy atom. The summed E-state index contributed by atoms with van der Waals surface area (Å²) in [4.78, 5) is 36.9. The van der Waals surface area contributed by atoms with Gasteiger partial charge in [0.1, 0.15) is 0 Å². The monoisotopic (exact) mass is 427 g/mol. The van der Waals surface area contributed by atoms with Crippen LogP contribution in [0, 0.1) is 6.92 Å². The van der Waals surface area contributed by atoms with Crippen molar-refractivity contribution in [3.8, 4) is 0 Å². The van der Waals surface area contributed by atoms with E-state index in [1.165, 1.54) is 25.7 Å². The molecule has 0 spiro atoms. The zero-order chi connectivity index (χ0) is 21.8. The van der Waals surface area contributed by atoms with Crippen LogP contribution in [0.5, 0.6) is 0 Å². The highest BCUT2D eigenvalue weighted by atomic mass is 16.2. The number of hydrogen-bond donors (Lipinski definition) is 1. The van der Waals surface area contributed by atoms with Crippen molar-refractivity contribution in [3.63, 3.8) is 0 Å². The summed E-state index contributed by atoms with van der Waals surface area (Å²) in [6.45, 7) is 9.56. The van der Waals surface area contributed by atoms with Gasteiger partial charge in [0.05, 0.1) is 11.3 Å². The summed E-state index contributed by atoms with van der Waals surface area (Å²) in [7, 11) is 0. The highest BCUT2D eigenvalue weighted by Gasteiger charge is 2.32. The number of amides is 3. The molecule has 3 aliphatic rings. The van der Waals surface area contributed by atoms with Crippen molar-refractivity contribution >= 4 is 11.9 Å². The molecular formula is C24H37N5O2. The van der Waals surface area contributed by atoms with Crippen molar-refractivity contribution in [3.05, 3.63) is 29.1 Å². The Balaban J connectivity index is 1.41. The van der Waals surface area contributed by atoms with Crippen LogP contribution < -0.4 is 5.32 Å². The lowest BCUT2D eigenvalue weighted by atomic mass is 9.89. The van der Waals surface area contributed by atoms with Gasteiger partial charge in [-0.15, -0.1) is 0 Å². The highest BCUT2D eigenvalue weighted by Crippen LogP contribution is 2.31. The molecule has 0 radical (unpaired) electrons. The average molecular weight is 428 g/mol. The number of carbonyl (C=O) groups is 2. The van der Waals surface area contributed by atoms with Crippen LogP contribution in [0.25, 0.3) is 0 Å². The molecule has 3 amide bonds. The SMILES string of the molecule is CCNC(=O)N1CCC(c2nc(C)ccc2C(=O)N2CCN(C3CCCC3)CC2)CC1. The third-order valence-corrected chi connectivity index (χ3v) is 7.23. The van der Waals surface area contributed by atoms with Gasteiger partial charge in [0.15, 0.2) is 0 Å². The second-order valence-electron chi connectivity index (χ2n) is 9.25. The van der Waals surface area contributed by atoms with Crippen LogP contribution in [0.15, 0.2) is 12.1 Å². The maximum absolute atomic E-state index is 13.5. The maximum Gasteiger partial charge on any atom is 0.317 e. The van der Waals surface area contributed by atoms with Crippen molar-refractivity contribution in [1.82, 2.24) is 25.0 Å². The molecule has 1 saturated carbocycles. The lowest BCUT2D eigenvalue weighted by molar-refractivity contribution is 0.0570. The Morgan fingerprint density at radius 3 is 2.29 bits per heavy atom. The van der Waals surface area contributed by atoms with Gasteiger partial charge >= 0.3 is 6.03 Å². The van der Waals surface area contributed by atoms with Gasteiger partial charge in [-0.25, -0.2) is 4.79 Å². The second kappa shape index (κ2) is 9.98. The summed E-state index contributed by atoms with van der Waals surface area (Å²) in [5, 5.41) is 2.88. The Bertz CT molecular complexity index is 776. The lowest BCUT2D eigenvalue weighted by Gasteiger charge is -2.38. The summed E-state index contributed by atoms with van der Waals surface area (Å²) in [5.41, 5.74) is 2.64. The molecular weight excluding hydrogens is 390 g/mol. The number of pyridine rings is 1. The predicted molar refractivity (Wildman–Crippen MR) is 121 cm³/mol. The minimum Gasteiger partial charge on any atom is -0.338 e. The Labute approximate surface area is 186 Å². The third kappa shape index (κ3) is 5.03. The van der Waals surface area contributed by atoms with Crippen molar-refractivity contribution in [1.29, 1.82) is 0 Å². The molecule has 31 heavy (non-hydrogen) atoms. The first-order valence-corrected chi connectivity index (χ1v) is 12.1. The van der Waals surface area contributed by atoms with Crippen molar-refractivity contribution in [2.24, 2.45) is 0 Å². The quantitative estimate of drug-likeness (QED) is 0.802. The van der Waals surface area contributed by atoms with Gasteiger partial charge in [0.25, 0.3) is 5.91 Å². The Morgan fingerprint density at radius 2 is 1.65 bits per heavy atom. The van der Waals surface area contributed by atoms with Crippen LogP contribution in [0.4, 0.5) is 4.79 Å². The molecule has 7 nitrogen and oxygen atoms in total. The van der Waals surface area contributed by atoms with E-state index in [9.17, 15) is 9.59 Å². The summed E-state index contributed by atoms with van der Waals surface area (Å²) < 4.78 is 0. The van der Waals surface area contributed by atoms with E-state index in [2.05, 4.69) is 10.2 Å². The first kappa shape index (κ1) is 22.1. The molecule has 1 aromatic heterocycles. The van der Waals surface area contributed by atoms with E-state index in [4.69, 9.17) is 4.98 Å². The van der Waals surface area contributed by atoms with E-state index in [-0.39, 0.29) is 17.9 Å². The van der Waals surface area contributed by atoms with Crippen LogP contribution >= 0.6 is 0 Å². The molecule has 3 heterocycles. The number of likely N-dealkylation sites (tertiary alicyclic amines) is 1. The van der Waals surface area contributed by atoms with E-state index in [0.717, 1.165) is 62.0 Å². The van der Waals surface area contributed by atoms with Gasteiger partial charge in [-0.05, 0) is 51.7 Å². The van der Waals surface area contributed by atoms with E-state index in [0.29, 0.717) is 19.6 Å². The molecule has 0 unspecified atom stereocenters. The molecule has 170 valence electrons. The second-order valence-corrected chi connectivity index (χ2v) is 9.25. The third-order valence-electron chi connectivity index (χ3n) is 7.23. The highest BCUT2D eigenvalue weighted by molar-refractivity contribution is 5.95. The standard InChI is InChI=1S/C24H37N5O2/c1-3-25-24(31)29-12-10-19(11-13-29)22-21(9-8-18(2)26-22)23(30)28-16-14-27(15-17-28)20-6-4-5-7-20/h8-9,19-20H,3-7,10-17H2,1-2H3,(H,25,31). The molecule has 3 fully saturated rings. The molecule has 7 heteroatoms. The zero-order valence-electron chi connectivity index (χ0n) is 19.1. The normalized spacial score (nSPS) is 21.5. The molecule has 2 saturated heterocycles. The largest absolute Gasteiger partial charge is 0.338 e. The van der Waals surface area contributed by atoms with Crippen molar-refractivity contribution < 1.29 is 9.59 Å². The van der Waals surface area contributed by atoms with Gasteiger partial charge < -0.3 is 15.1 Å². The topological polar surface area (TPSA) is 68.8 Å². The number of nitrogens with one attached hydrogen (secondary N) is 1. The Kier molecular flexibility index (Phi) is 7.10. The minimum absolute atomic E-state index is 0.00887. The van der Waals surface area contributed by atoms with Gasteiger partial charge in [-0.1, -0.05) is 12.8 Å². The summed E-state index contributed by atoms with van der Waals surface area (Å²) in [6.07, 6.45) is 7.03. The van der Waals surface area contributed by atoms with Crippen LogP contribution in [-0.2, 0) is 0 Å². The number of rotatable bonds is 4. The molecule has 1 aliphatic carbocycles. The first-order chi connectivity index (χ1) is 15.1. The smallest absolute Gasteiger partial charge is 0.317 e. The number of hydrogen-bond acceptors (Lipinski definition) is 4. The van der Waals surface area contributed by atoms with Gasteiger partial charge in [-0.3, -0.25) is 14.7 Å². The van der Waals surface area contributed by atoms with Crippen LogP contribution in [-0.4, -0.2) is 83.5 Å². The lowest BCUT2D eigenvalue weighted by Crippen LogP contribution is -2.51. The van der Waals surface area contributed by atoms with E-state index in [1.54, 1.807) is 0 Å². The fourth-order valence-corrected chi connectivity index (χ4v) is 5.42. The molecule has 0 bridgehead atoms. The van der Waals surface area contributed by atoms with Gasteiger partial charge in [0.2, 0.25) is 0 Å². The number of aryl methyl sites for hydroxylation is 1. The number of carbonyl (C=O) groups excluding carboxylic acids is 2.